The summed E-state index contributed by atoms with van der Waals surface area (Å²) in [6, 6.07) is 10.3. The second-order valence-corrected chi connectivity index (χ2v) is 5.75. The van der Waals surface area contributed by atoms with Gasteiger partial charge in [-0.3, -0.25) is 4.79 Å². The molecule has 0 saturated heterocycles. The minimum atomic E-state index is 0.0139. The monoisotopic (exact) mass is 258 g/mol. The SMILES string of the molecule is CC(=O)C[C@H]1CCC[C@@H](c2ccccc2)[C@@H]1C(C)=O. The zero-order chi connectivity index (χ0) is 13.8. The number of hydrogen-bond acceptors (Lipinski definition) is 2. The van der Waals surface area contributed by atoms with Crippen LogP contribution in [0, 0.1) is 11.8 Å². The highest BCUT2D eigenvalue weighted by Crippen LogP contribution is 2.43. The highest BCUT2D eigenvalue weighted by Gasteiger charge is 2.37. The molecular weight excluding hydrogens is 236 g/mol. The average Bonchev–Trinajstić information content (AvgIpc) is 2.38. The number of Topliss-reactive ketones (excluding diaryl/α,β-unsaturated/α-hetero) is 2. The van der Waals surface area contributed by atoms with Crippen LogP contribution in [0.2, 0.25) is 0 Å². The smallest absolute Gasteiger partial charge is 0.133 e. The predicted octanol–water partition coefficient (Wildman–Crippen LogP) is 3.75. The molecule has 2 rings (SSSR count). The highest BCUT2D eigenvalue weighted by molar-refractivity contribution is 5.82. The molecule has 1 fully saturated rings. The normalized spacial score (nSPS) is 26.9. The van der Waals surface area contributed by atoms with Crippen molar-refractivity contribution in [2.75, 3.05) is 0 Å². The van der Waals surface area contributed by atoms with Gasteiger partial charge in [0.1, 0.15) is 11.6 Å². The number of rotatable bonds is 4. The van der Waals surface area contributed by atoms with Crippen LogP contribution < -0.4 is 0 Å². The Bertz CT molecular complexity index is 450. The summed E-state index contributed by atoms with van der Waals surface area (Å²) in [6.45, 7) is 3.31. The molecule has 0 spiro atoms. The second-order valence-electron chi connectivity index (χ2n) is 5.75. The van der Waals surface area contributed by atoms with Crippen molar-refractivity contribution >= 4 is 11.6 Å². The molecule has 1 aliphatic rings. The Morgan fingerprint density at radius 2 is 1.79 bits per heavy atom. The first-order valence-electron chi connectivity index (χ1n) is 7.14. The van der Waals surface area contributed by atoms with E-state index in [1.165, 1.54) is 5.56 Å². The molecule has 0 bridgehead atoms. The van der Waals surface area contributed by atoms with Gasteiger partial charge in [0, 0.05) is 12.3 Å². The van der Waals surface area contributed by atoms with Gasteiger partial charge in [-0.2, -0.15) is 0 Å². The van der Waals surface area contributed by atoms with E-state index in [0.29, 0.717) is 6.42 Å². The summed E-state index contributed by atoms with van der Waals surface area (Å²) in [7, 11) is 0. The Morgan fingerprint density at radius 3 is 2.37 bits per heavy atom. The third-order valence-electron chi connectivity index (χ3n) is 4.28. The van der Waals surface area contributed by atoms with Crippen LogP contribution in [0.1, 0.15) is 51.0 Å². The summed E-state index contributed by atoms with van der Waals surface area (Å²) >= 11 is 0. The quantitative estimate of drug-likeness (QED) is 0.824. The van der Waals surface area contributed by atoms with Gasteiger partial charge >= 0.3 is 0 Å². The first-order valence-corrected chi connectivity index (χ1v) is 7.14. The standard InChI is InChI=1S/C17H22O2/c1-12(18)11-15-9-6-10-16(17(15)13(2)19)14-7-4-3-5-8-14/h3-5,7-8,15-17H,6,9-11H2,1-2H3/t15-,16+,17-/m1/s1. The Kier molecular flexibility index (Phi) is 4.52. The zero-order valence-electron chi connectivity index (χ0n) is 11.8. The fraction of sp³-hybridized carbons (Fsp3) is 0.529. The van der Waals surface area contributed by atoms with Crippen molar-refractivity contribution in [3.05, 3.63) is 35.9 Å². The molecule has 1 aliphatic carbocycles. The van der Waals surface area contributed by atoms with E-state index in [2.05, 4.69) is 12.1 Å². The van der Waals surface area contributed by atoms with Gasteiger partial charge in [-0.15, -0.1) is 0 Å². The van der Waals surface area contributed by atoms with Gasteiger partial charge < -0.3 is 4.79 Å². The van der Waals surface area contributed by atoms with Crippen LogP contribution in [0.25, 0.3) is 0 Å². The Morgan fingerprint density at radius 1 is 1.11 bits per heavy atom. The van der Waals surface area contributed by atoms with Gasteiger partial charge in [0.15, 0.2) is 0 Å². The van der Waals surface area contributed by atoms with Crippen LogP contribution in [0.4, 0.5) is 0 Å². The zero-order valence-corrected chi connectivity index (χ0v) is 11.8. The van der Waals surface area contributed by atoms with Crippen LogP contribution >= 0.6 is 0 Å². The molecule has 102 valence electrons. The third kappa shape index (κ3) is 3.31. The lowest BCUT2D eigenvalue weighted by molar-refractivity contribution is -0.125. The van der Waals surface area contributed by atoms with Gasteiger partial charge in [-0.1, -0.05) is 36.8 Å². The molecule has 1 aromatic rings. The van der Waals surface area contributed by atoms with Crippen molar-refractivity contribution in [2.45, 2.75) is 45.4 Å². The van der Waals surface area contributed by atoms with Crippen molar-refractivity contribution < 1.29 is 9.59 Å². The van der Waals surface area contributed by atoms with E-state index in [9.17, 15) is 9.59 Å². The summed E-state index contributed by atoms with van der Waals surface area (Å²) in [6.07, 6.45) is 3.73. The number of benzene rings is 1. The van der Waals surface area contributed by atoms with Gasteiger partial charge in [0.05, 0.1) is 0 Å². The van der Waals surface area contributed by atoms with Gasteiger partial charge in [0.25, 0.3) is 0 Å². The molecule has 0 unspecified atom stereocenters. The van der Waals surface area contributed by atoms with Crippen LogP contribution in [-0.2, 0) is 9.59 Å². The van der Waals surface area contributed by atoms with E-state index in [1.54, 1.807) is 13.8 Å². The summed E-state index contributed by atoms with van der Waals surface area (Å²) in [4.78, 5) is 23.5. The molecule has 0 aromatic heterocycles. The molecule has 1 saturated carbocycles. The first kappa shape index (κ1) is 14.0. The minimum absolute atomic E-state index is 0.0139. The minimum Gasteiger partial charge on any atom is -0.300 e. The van der Waals surface area contributed by atoms with Crippen molar-refractivity contribution in [2.24, 2.45) is 11.8 Å². The van der Waals surface area contributed by atoms with Crippen LogP contribution in [0.5, 0.6) is 0 Å². The van der Waals surface area contributed by atoms with E-state index >= 15 is 0 Å². The average molecular weight is 258 g/mol. The molecule has 19 heavy (non-hydrogen) atoms. The highest BCUT2D eigenvalue weighted by atomic mass is 16.1. The largest absolute Gasteiger partial charge is 0.300 e. The summed E-state index contributed by atoms with van der Waals surface area (Å²) in [5.41, 5.74) is 1.25. The van der Waals surface area contributed by atoms with Crippen LogP contribution in [0.3, 0.4) is 0 Å². The van der Waals surface area contributed by atoms with E-state index in [4.69, 9.17) is 0 Å². The van der Waals surface area contributed by atoms with Gasteiger partial charge in [-0.25, -0.2) is 0 Å². The fourth-order valence-corrected chi connectivity index (χ4v) is 3.58. The number of carbonyl (C=O) groups excluding carboxylic acids is 2. The Labute approximate surface area is 115 Å². The fourth-order valence-electron chi connectivity index (χ4n) is 3.58. The van der Waals surface area contributed by atoms with Gasteiger partial charge in [0.2, 0.25) is 0 Å². The lowest BCUT2D eigenvalue weighted by atomic mass is 9.66. The molecule has 0 radical (unpaired) electrons. The van der Waals surface area contributed by atoms with E-state index in [1.807, 2.05) is 18.2 Å². The summed E-state index contributed by atoms with van der Waals surface area (Å²) < 4.78 is 0. The molecule has 0 heterocycles. The molecule has 2 nitrogen and oxygen atoms in total. The van der Waals surface area contributed by atoms with Crippen molar-refractivity contribution in [1.29, 1.82) is 0 Å². The molecule has 0 aliphatic heterocycles. The van der Waals surface area contributed by atoms with E-state index < -0.39 is 0 Å². The third-order valence-corrected chi connectivity index (χ3v) is 4.28. The van der Waals surface area contributed by atoms with E-state index in [0.717, 1.165) is 19.3 Å². The Balaban J connectivity index is 2.26. The Hall–Kier alpha value is -1.44. The van der Waals surface area contributed by atoms with Crippen molar-refractivity contribution in [1.82, 2.24) is 0 Å². The molecule has 2 heteroatoms. The molecule has 0 amide bonds. The number of ketones is 2. The topological polar surface area (TPSA) is 34.1 Å². The maximum atomic E-state index is 12.1. The van der Waals surface area contributed by atoms with Crippen molar-refractivity contribution in [3.8, 4) is 0 Å². The second kappa shape index (κ2) is 6.14. The maximum Gasteiger partial charge on any atom is 0.133 e. The molecule has 1 aromatic carbocycles. The maximum absolute atomic E-state index is 12.1. The number of hydrogen-bond donors (Lipinski definition) is 0. The lowest BCUT2D eigenvalue weighted by Gasteiger charge is -2.36. The molecule has 3 atom stereocenters. The van der Waals surface area contributed by atoms with Crippen LogP contribution in [0.15, 0.2) is 30.3 Å². The summed E-state index contributed by atoms with van der Waals surface area (Å²) in [5.74, 6) is 0.968. The molecular formula is C17H22O2. The van der Waals surface area contributed by atoms with Crippen LogP contribution in [-0.4, -0.2) is 11.6 Å². The number of carbonyl (C=O) groups is 2. The van der Waals surface area contributed by atoms with E-state index in [-0.39, 0.29) is 29.3 Å². The predicted molar refractivity (Wildman–Crippen MR) is 76.0 cm³/mol. The lowest BCUT2D eigenvalue weighted by Crippen LogP contribution is -2.33. The molecule has 0 N–H and O–H groups in total. The first-order chi connectivity index (χ1) is 9.09. The van der Waals surface area contributed by atoms with Crippen molar-refractivity contribution in [3.63, 3.8) is 0 Å². The van der Waals surface area contributed by atoms with Gasteiger partial charge in [-0.05, 0) is 44.1 Å². The summed E-state index contributed by atoms with van der Waals surface area (Å²) in [5, 5.41) is 0.